The van der Waals surface area contributed by atoms with Crippen LogP contribution >= 0.6 is 11.6 Å². The summed E-state index contributed by atoms with van der Waals surface area (Å²) in [7, 11) is 0. The predicted octanol–water partition coefficient (Wildman–Crippen LogP) is 3.19. The van der Waals surface area contributed by atoms with E-state index in [1.54, 1.807) is 23.1 Å². The lowest BCUT2D eigenvalue weighted by molar-refractivity contribution is 0.0617. The topological polar surface area (TPSA) is 53.0 Å². The zero-order chi connectivity index (χ0) is 18.5. The van der Waals surface area contributed by atoms with Crippen LogP contribution in [0.1, 0.15) is 15.9 Å². The van der Waals surface area contributed by atoms with Gasteiger partial charge in [0.05, 0.1) is 5.56 Å². The van der Waals surface area contributed by atoms with Crippen molar-refractivity contribution in [3.8, 4) is 11.5 Å². The molecule has 0 spiro atoms. The quantitative estimate of drug-likeness (QED) is 0.873. The van der Waals surface area contributed by atoms with Crippen LogP contribution in [0.15, 0.2) is 42.5 Å². The minimum absolute atomic E-state index is 0.0411. The zero-order valence-corrected chi connectivity index (χ0v) is 15.6. The number of rotatable bonds is 5. The maximum absolute atomic E-state index is 12.6. The Hall–Kier alpha value is -2.24. The Bertz CT molecular complexity index is 756. The van der Waals surface area contributed by atoms with E-state index in [1.165, 1.54) is 0 Å². The van der Waals surface area contributed by atoms with Crippen LogP contribution in [0.4, 0.5) is 0 Å². The molecule has 0 radical (unpaired) electrons. The maximum Gasteiger partial charge on any atom is 0.257 e. The van der Waals surface area contributed by atoms with Crippen molar-refractivity contribution in [2.75, 3.05) is 39.3 Å². The maximum atomic E-state index is 12.6. The fraction of sp³-hybridized carbons (Fsp3) is 0.350. The lowest BCUT2D eigenvalue weighted by Crippen LogP contribution is -2.49. The molecular weight excluding hydrogens is 352 g/mol. The van der Waals surface area contributed by atoms with E-state index < -0.39 is 0 Å². The molecule has 0 unspecified atom stereocenters. The first kappa shape index (κ1) is 18.5. The van der Waals surface area contributed by atoms with Crippen LogP contribution in [0.3, 0.4) is 0 Å². The summed E-state index contributed by atoms with van der Waals surface area (Å²) < 4.78 is 5.72. The highest BCUT2D eigenvalue weighted by molar-refractivity contribution is 6.30. The molecular formula is C20H23ClN2O3. The Labute approximate surface area is 158 Å². The van der Waals surface area contributed by atoms with Crippen LogP contribution in [-0.4, -0.2) is 60.1 Å². The Morgan fingerprint density at radius 3 is 2.50 bits per heavy atom. The summed E-state index contributed by atoms with van der Waals surface area (Å²) in [6, 6.07) is 12.4. The molecule has 5 nitrogen and oxygen atoms in total. The monoisotopic (exact) mass is 374 g/mol. The van der Waals surface area contributed by atoms with Crippen molar-refractivity contribution in [3.63, 3.8) is 0 Å². The largest absolute Gasteiger partial charge is 0.507 e. The van der Waals surface area contributed by atoms with Crippen molar-refractivity contribution >= 4 is 17.5 Å². The van der Waals surface area contributed by atoms with Gasteiger partial charge in [0.1, 0.15) is 18.1 Å². The van der Waals surface area contributed by atoms with Crippen LogP contribution in [-0.2, 0) is 0 Å². The number of phenolic OH excluding ortho intramolecular Hbond substituents is 1. The summed E-state index contributed by atoms with van der Waals surface area (Å²) in [6.07, 6.45) is 0. The molecule has 3 rings (SSSR count). The number of phenols is 1. The summed E-state index contributed by atoms with van der Waals surface area (Å²) in [5, 5.41) is 10.6. The van der Waals surface area contributed by atoms with Crippen LogP contribution in [0.5, 0.6) is 11.5 Å². The number of benzene rings is 2. The predicted molar refractivity (Wildman–Crippen MR) is 102 cm³/mol. The van der Waals surface area contributed by atoms with Gasteiger partial charge in [-0.15, -0.1) is 0 Å². The molecule has 0 saturated carbocycles. The van der Waals surface area contributed by atoms with Gasteiger partial charge in [-0.3, -0.25) is 9.69 Å². The Balaban J connectivity index is 1.46. The number of ether oxygens (including phenoxy) is 1. The van der Waals surface area contributed by atoms with E-state index in [-0.39, 0.29) is 11.7 Å². The summed E-state index contributed by atoms with van der Waals surface area (Å²) >= 11 is 5.86. The Kier molecular flexibility index (Phi) is 6.01. The first-order valence-corrected chi connectivity index (χ1v) is 9.10. The van der Waals surface area contributed by atoms with Crippen LogP contribution in [0, 0.1) is 6.92 Å². The molecule has 0 atom stereocenters. The number of aromatic hydroxyl groups is 1. The van der Waals surface area contributed by atoms with Crippen molar-refractivity contribution in [2.45, 2.75) is 6.92 Å². The van der Waals surface area contributed by atoms with Gasteiger partial charge in [0.25, 0.3) is 5.91 Å². The number of hydrogen-bond acceptors (Lipinski definition) is 4. The second-order valence-electron chi connectivity index (χ2n) is 6.46. The highest BCUT2D eigenvalue weighted by Crippen LogP contribution is 2.21. The third kappa shape index (κ3) is 4.68. The van der Waals surface area contributed by atoms with Gasteiger partial charge >= 0.3 is 0 Å². The van der Waals surface area contributed by atoms with Gasteiger partial charge in [-0.2, -0.15) is 0 Å². The fourth-order valence-corrected chi connectivity index (χ4v) is 3.12. The highest BCUT2D eigenvalue weighted by atomic mass is 35.5. The molecule has 1 amide bonds. The van der Waals surface area contributed by atoms with Gasteiger partial charge in [0, 0.05) is 37.7 Å². The molecule has 2 aromatic carbocycles. The molecule has 0 aliphatic carbocycles. The SMILES string of the molecule is Cc1ccc(O)c(C(=O)N2CCN(CCOc3ccc(Cl)cc3)CC2)c1. The van der Waals surface area contributed by atoms with E-state index >= 15 is 0 Å². The number of piperazine rings is 1. The Morgan fingerprint density at radius 1 is 1.12 bits per heavy atom. The zero-order valence-electron chi connectivity index (χ0n) is 14.8. The molecule has 26 heavy (non-hydrogen) atoms. The number of hydrogen-bond donors (Lipinski definition) is 1. The van der Waals surface area contributed by atoms with E-state index in [9.17, 15) is 9.90 Å². The van der Waals surface area contributed by atoms with E-state index in [2.05, 4.69) is 4.90 Å². The molecule has 1 N–H and O–H groups in total. The van der Waals surface area contributed by atoms with Gasteiger partial charge in [-0.25, -0.2) is 0 Å². The standard InChI is InChI=1S/C20H23ClN2O3/c1-15-2-7-19(24)18(14-15)20(25)23-10-8-22(9-11-23)12-13-26-17-5-3-16(21)4-6-17/h2-7,14,24H,8-13H2,1H3. The first-order valence-electron chi connectivity index (χ1n) is 8.72. The minimum Gasteiger partial charge on any atom is -0.507 e. The summed E-state index contributed by atoms with van der Waals surface area (Å²) in [5.74, 6) is 0.737. The average molecular weight is 375 g/mol. The molecule has 1 aliphatic heterocycles. The normalized spacial score (nSPS) is 15.1. The number of nitrogens with zero attached hydrogens (tertiary/aromatic N) is 2. The molecule has 1 heterocycles. The van der Waals surface area contributed by atoms with Crippen molar-refractivity contribution < 1.29 is 14.6 Å². The van der Waals surface area contributed by atoms with Gasteiger partial charge < -0.3 is 14.7 Å². The molecule has 1 saturated heterocycles. The average Bonchev–Trinajstić information content (AvgIpc) is 2.65. The van der Waals surface area contributed by atoms with E-state index in [4.69, 9.17) is 16.3 Å². The molecule has 1 aliphatic rings. The van der Waals surface area contributed by atoms with E-state index in [0.29, 0.717) is 30.3 Å². The third-order valence-corrected chi connectivity index (χ3v) is 4.78. The lowest BCUT2D eigenvalue weighted by Gasteiger charge is -2.34. The van der Waals surface area contributed by atoms with Gasteiger partial charge in [0.2, 0.25) is 0 Å². The summed E-state index contributed by atoms with van der Waals surface area (Å²) in [4.78, 5) is 16.7. The molecule has 2 aromatic rings. The molecule has 138 valence electrons. The first-order chi connectivity index (χ1) is 12.5. The van der Waals surface area contributed by atoms with Crippen LogP contribution in [0.2, 0.25) is 5.02 Å². The van der Waals surface area contributed by atoms with E-state index in [1.807, 2.05) is 31.2 Å². The second-order valence-corrected chi connectivity index (χ2v) is 6.89. The smallest absolute Gasteiger partial charge is 0.257 e. The molecule has 6 heteroatoms. The molecule has 0 aromatic heterocycles. The summed E-state index contributed by atoms with van der Waals surface area (Å²) in [6.45, 7) is 6.19. The van der Waals surface area contributed by atoms with Gasteiger partial charge in [-0.05, 0) is 43.3 Å². The van der Waals surface area contributed by atoms with Crippen LogP contribution in [0.25, 0.3) is 0 Å². The van der Waals surface area contributed by atoms with Gasteiger partial charge in [0.15, 0.2) is 0 Å². The number of aryl methyl sites for hydroxylation is 1. The lowest BCUT2D eigenvalue weighted by atomic mass is 10.1. The van der Waals surface area contributed by atoms with Crippen molar-refractivity contribution in [1.29, 1.82) is 0 Å². The molecule has 1 fully saturated rings. The highest BCUT2D eigenvalue weighted by Gasteiger charge is 2.23. The second kappa shape index (κ2) is 8.43. The minimum atomic E-state index is -0.108. The van der Waals surface area contributed by atoms with Crippen molar-refractivity contribution in [2.24, 2.45) is 0 Å². The van der Waals surface area contributed by atoms with Crippen molar-refractivity contribution in [3.05, 3.63) is 58.6 Å². The molecule has 0 bridgehead atoms. The number of carbonyl (C=O) groups is 1. The van der Waals surface area contributed by atoms with Crippen LogP contribution < -0.4 is 4.74 Å². The van der Waals surface area contributed by atoms with Gasteiger partial charge in [-0.1, -0.05) is 23.2 Å². The number of halogens is 1. The number of carbonyl (C=O) groups excluding carboxylic acids is 1. The fourth-order valence-electron chi connectivity index (χ4n) is 2.99. The third-order valence-electron chi connectivity index (χ3n) is 4.53. The summed E-state index contributed by atoms with van der Waals surface area (Å²) in [5.41, 5.74) is 1.34. The number of amides is 1. The van der Waals surface area contributed by atoms with Crippen molar-refractivity contribution in [1.82, 2.24) is 9.80 Å². The Morgan fingerprint density at radius 2 is 1.81 bits per heavy atom. The van der Waals surface area contributed by atoms with E-state index in [0.717, 1.165) is 30.9 Å².